The summed E-state index contributed by atoms with van der Waals surface area (Å²) in [7, 11) is 1.61. The highest BCUT2D eigenvalue weighted by Crippen LogP contribution is 2.24. The minimum atomic E-state index is -0.623. The van der Waals surface area contributed by atoms with Crippen molar-refractivity contribution in [3.8, 4) is 0 Å². The zero-order valence-corrected chi connectivity index (χ0v) is 11.1. The van der Waals surface area contributed by atoms with Crippen LogP contribution in [0.25, 0.3) is 0 Å². The third kappa shape index (κ3) is 2.85. The SMILES string of the molecule is COCC1CCN(C(=O)c2cc(N)ncc2[N+](=O)[O-])C1. The largest absolute Gasteiger partial charge is 0.384 e. The van der Waals surface area contributed by atoms with Crippen LogP contribution in [0.5, 0.6) is 0 Å². The summed E-state index contributed by atoms with van der Waals surface area (Å²) in [5.41, 5.74) is 5.18. The monoisotopic (exact) mass is 280 g/mol. The van der Waals surface area contributed by atoms with Gasteiger partial charge in [0.15, 0.2) is 0 Å². The van der Waals surface area contributed by atoms with Crippen LogP contribution in [-0.2, 0) is 4.74 Å². The van der Waals surface area contributed by atoms with Crippen molar-refractivity contribution in [2.24, 2.45) is 5.92 Å². The number of nitrogens with zero attached hydrogens (tertiary/aromatic N) is 3. The van der Waals surface area contributed by atoms with Gasteiger partial charge in [-0.05, 0) is 12.5 Å². The normalized spacial score (nSPS) is 18.2. The molecule has 0 bridgehead atoms. The van der Waals surface area contributed by atoms with Gasteiger partial charge in [-0.2, -0.15) is 0 Å². The molecule has 0 saturated carbocycles. The van der Waals surface area contributed by atoms with Crippen LogP contribution in [0, 0.1) is 16.0 Å². The lowest BCUT2D eigenvalue weighted by molar-refractivity contribution is -0.385. The molecular weight excluding hydrogens is 264 g/mol. The average molecular weight is 280 g/mol. The molecule has 1 fully saturated rings. The van der Waals surface area contributed by atoms with Crippen molar-refractivity contribution in [3.63, 3.8) is 0 Å². The summed E-state index contributed by atoms with van der Waals surface area (Å²) in [5.74, 6) is -0.0295. The Labute approximate surface area is 115 Å². The van der Waals surface area contributed by atoms with E-state index in [1.807, 2.05) is 0 Å². The number of hydrogen-bond donors (Lipinski definition) is 1. The number of nitrogen functional groups attached to an aromatic ring is 1. The molecular formula is C12H16N4O4. The predicted molar refractivity (Wildman–Crippen MR) is 71.2 cm³/mol. The molecule has 0 radical (unpaired) electrons. The maximum atomic E-state index is 12.4. The lowest BCUT2D eigenvalue weighted by Gasteiger charge is -2.16. The van der Waals surface area contributed by atoms with E-state index in [0.29, 0.717) is 19.7 Å². The van der Waals surface area contributed by atoms with Crippen LogP contribution in [-0.4, -0.2) is 47.5 Å². The molecule has 2 N–H and O–H groups in total. The zero-order valence-electron chi connectivity index (χ0n) is 11.1. The second kappa shape index (κ2) is 5.83. The van der Waals surface area contributed by atoms with Gasteiger partial charge in [0.1, 0.15) is 17.6 Å². The van der Waals surface area contributed by atoms with E-state index in [1.54, 1.807) is 12.0 Å². The number of pyridine rings is 1. The molecule has 1 saturated heterocycles. The molecule has 1 unspecified atom stereocenters. The third-order valence-corrected chi connectivity index (χ3v) is 3.31. The molecule has 0 aliphatic carbocycles. The number of nitro groups is 1. The standard InChI is InChI=1S/C12H16N4O4/c1-20-7-8-2-3-15(6-8)12(17)9-4-11(13)14-5-10(9)16(18)19/h4-5,8H,2-3,6-7H2,1H3,(H2,13,14). The maximum Gasteiger partial charge on any atom is 0.300 e. The molecule has 2 rings (SSSR count). The lowest BCUT2D eigenvalue weighted by atomic mass is 10.1. The number of nitrogens with two attached hydrogens (primary N) is 1. The molecule has 0 aromatic carbocycles. The number of anilines is 1. The lowest BCUT2D eigenvalue weighted by Crippen LogP contribution is -2.30. The van der Waals surface area contributed by atoms with E-state index >= 15 is 0 Å². The molecule has 1 atom stereocenters. The zero-order chi connectivity index (χ0) is 14.7. The Hall–Kier alpha value is -2.22. The Morgan fingerprint density at radius 2 is 2.45 bits per heavy atom. The van der Waals surface area contributed by atoms with Gasteiger partial charge < -0.3 is 15.4 Å². The first kappa shape index (κ1) is 14.2. The topological polar surface area (TPSA) is 112 Å². The van der Waals surface area contributed by atoms with Gasteiger partial charge in [0.2, 0.25) is 0 Å². The van der Waals surface area contributed by atoms with Crippen LogP contribution in [0.2, 0.25) is 0 Å². The quantitative estimate of drug-likeness (QED) is 0.641. The van der Waals surface area contributed by atoms with Crippen molar-refractivity contribution in [3.05, 3.63) is 27.9 Å². The van der Waals surface area contributed by atoms with Gasteiger partial charge in [-0.25, -0.2) is 4.98 Å². The van der Waals surface area contributed by atoms with Crippen LogP contribution in [0.1, 0.15) is 16.8 Å². The first-order valence-corrected chi connectivity index (χ1v) is 6.21. The van der Waals surface area contributed by atoms with Gasteiger partial charge in [0.05, 0.1) is 11.5 Å². The molecule has 20 heavy (non-hydrogen) atoms. The molecule has 1 aromatic heterocycles. The van der Waals surface area contributed by atoms with Gasteiger partial charge in [0.25, 0.3) is 11.6 Å². The molecule has 0 spiro atoms. The number of ether oxygens (including phenoxy) is 1. The van der Waals surface area contributed by atoms with Crippen LogP contribution in [0.4, 0.5) is 11.5 Å². The van der Waals surface area contributed by atoms with E-state index in [4.69, 9.17) is 10.5 Å². The molecule has 108 valence electrons. The molecule has 8 nitrogen and oxygen atoms in total. The van der Waals surface area contributed by atoms with Gasteiger partial charge in [-0.1, -0.05) is 0 Å². The average Bonchev–Trinajstić information content (AvgIpc) is 2.86. The van der Waals surface area contributed by atoms with E-state index in [9.17, 15) is 14.9 Å². The smallest absolute Gasteiger partial charge is 0.300 e. The fourth-order valence-electron chi connectivity index (χ4n) is 2.34. The van der Waals surface area contributed by atoms with E-state index in [-0.39, 0.29) is 28.9 Å². The molecule has 2 heterocycles. The summed E-state index contributed by atoms with van der Waals surface area (Å²) < 4.78 is 5.06. The molecule has 1 aliphatic rings. The van der Waals surface area contributed by atoms with Crippen molar-refractivity contribution in [1.82, 2.24) is 9.88 Å². The molecule has 1 aliphatic heterocycles. The highest BCUT2D eigenvalue weighted by atomic mass is 16.6. The Balaban J connectivity index is 2.21. The molecule has 8 heteroatoms. The minimum absolute atomic E-state index is 0.0134. The summed E-state index contributed by atoms with van der Waals surface area (Å²) >= 11 is 0. The molecule has 1 amide bonds. The van der Waals surface area contributed by atoms with Crippen LogP contribution < -0.4 is 5.73 Å². The number of carbonyl (C=O) groups excluding carboxylic acids is 1. The molecule has 1 aromatic rings. The second-order valence-electron chi connectivity index (χ2n) is 4.74. The highest BCUT2D eigenvalue weighted by molar-refractivity contribution is 5.98. The summed E-state index contributed by atoms with van der Waals surface area (Å²) in [4.78, 5) is 28.0. The van der Waals surface area contributed by atoms with Crippen molar-refractivity contribution >= 4 is 17.4 Å². The highest BCUT2D eigenvalue weighted by Gasteiger charge is 2.31. The Morgan fingerprint density at radius 3 is 3.10 bits per heavy atom. The van der Waals surface area contributed by atoms with Gasteiger partial charge >= 0.3 is 0 Å². The number of rotatable bonds is 4. The van der Waals surface area contributed by atoms with E-state index < -0.39 is 4.92 Å². The van der Waals surface area contributed by atoms with Crippen LogP contribution in [0.3, 0.4) is 0 Å². The first-order chi connectivity index (χ1) is 9.52. The predicted octanol–water partition coefficient (Wildman–Crippen LogP) is 0.680. The van der Waals surface area contributed by atoms with Crippen molar-refractivity contribution in [2.45, 2.75) is 6.42 Å². The number of amides is 1. The number of aromatic nitrogens is 1. The number of carbonyl (C=O) groups is 1. The summed E-state index contributed by atoms with van der Waals surface area (Å²) in [5, 5.41) is 11.0. The Bertz CT molecular complexity index is 534. The third-order valence-electron chi connectivity index (χ3n) is 3.31. The van der Waals surface area contributed by atoms with Crippen molar-refractivity contribution in [2.75, 3.05) is 32.5 Å². The van der Waals surface area contributed by atoms with E-state index in [0.717, 1.165) is 12.6 Å². The Morgan fingerprint density at radius 1 is 1.70 bits per heavy atom. The van der Waals surface area contributed by atoms with E-state index in [2.05, 4.69) is 4.98 Å². The van der Waals surface area contributed by atoms with E-state index in [1.165, 1.54) is 6.07 Å². The first-order valence-electron chi connectivity index (χ1n) is 6.21. The minimum Gasteiger partial charge on any atom is -0.384 e. The Kier molecular flexibility index (Phi) is 4.14. The summed E-state index contributed by atoms with van der Waals surface area (Å²) in [6.45, 7) is 1.67. The van der Waals surface area contributed by atoms with Gasteiger partial charge in [0, 0.05) is 26.1 Å². The second-order valence-corrected chi connectivity index (χ2v) is 4.74. The number of likely N-dealkylation sites (tertiary alicyclic amines) is 1. The fourth-order valence-corrected chi connectivity index (χ4v) is 2.34. The van der Waals surface area contributed by atoms with Crippen molar-refractivity contribution < 1.29 is 14.5 Å². The maximum absolute atomic E-state index is 12.4. The van der Waals surface area contributed by atoms with Gasteiger partial charge in [-0.15, -0.1) is 0 Å². The van der Waals surface area contributed by atoms with Crippen LogP contribution in [0.15, 0.2) is 12.3 Å². The summed E-state index contributed by atoms with van der Waals surface area (Å²) in [6.07, 6.45) is 1.85. The summed E-state index contributed by atoms with van der Waals surface area (Å²) in [6, 6.07) is 1.25. The number of hydrogen-bond acceptors (Lipinski definition) is 6. The fraction of sp³-hybridized carbons (Fsp3) is 0.500. The van der Waals surface area contributed by atoms with Crippen molar-refractivity contribution in [1.29, 1.82) is 0 Å². The number of methoxy groups -OCH3 is 1. The van der Waals surface area contributed by atoms with Gasteiger partial charge in [-0.3, -0.25) is 14.9 Å². The van der Waals surface area contributed by atoms with Crippen LogP contribution >= 0.6 is 0 Å².